The molecule has 26 heavy (non-hydrogen) atoms. The highest BCUT2D eigenvalue weighted by Crippen LogP contribution is 2.44. The molecule has 1 amide bonds. The van der Waals surface area contributed by atoms with Crippen molar-refractivity contribution in [3.05, 3.63) is 35.5 Å². The van der Waals surface area contributed by atoms with Gasteiger partial charge in [-0.15, -0.1) is 0 Å². The van der Waals surface area contributed by atoms with Gasteiger partial charge in [-0.3, -0.25) is 4.79 Å². The van der Waals surface area contributed by atoms with Crippen LogP contribution in [0.1, 0.15) is 29.9 Å². The standard InChI is InChI=1S/C21H30N4O/c1-24(2)9-5-8-22-21(26)15-10-17-16-6-4-7-18-20(16)14(12-23-18)11-19(17)25(3)13-15/h4,6-7,12,15,17,19,23H,5,8-11,13H2,1-3H3,(H,22,26)/t15-,17-,19-/m1/s1. The minimum atomic E-state index is 0.0800. The Labute approximate surface area is 155 Å². The summed E-state index contributed by atoms with van der Waals surface area (Å²) in [5, 5.41) is 4.56. The summed E-state index contributed by atoms with van der Waals surface area (Å²) >= 11 is 0. The van der Waals surface area contributed by atoms with Gasteiger partial charge in [0.1, 0.15) is 0 Å². The summed E-state index contributed by atoms with van der Waals surface area (Å²) in [6, 6.07) is 7.07. The van der Waals surface area contributed by atoms with Gasteiger partial charge < -0.3 is 20.1 Å². The molecule has 1 fully saturated rings. The molecule has 2 N–H and O–H groups in total. The van der Waals surface area contributed by atoms with Crippen molar-refractivity contribution in [3.63, 3.8) is 0 Å². The van der Waals surface area contributed by atoms with Crippen LogP contribution in [0, 0.1) is 5.92 Å². The largest absolute Gasteiger partial charge is 0.361 e. The van der Waals surface area contributed by atoms with Gasteiger partial charge >= 0.3 is 0 Å². The normalized spacial score (nSPS) is 25.5. The molecule has 2 aromatic rings. The van der Waals surface area contributed by atoms with Gasteiger partial charge in [0.25, 0.3) is 0 Å². The SMILES string of the molecule is CN(C)CCCNC(=O)[C@@H]1C[C@@H]2c3cccc4[nH]cc(c34)C[C@H]2N(C)C1. The second kappa shape index (κ2) is 7.05. The van der Waals surface area contributed by atoms with Gasteiger partial charge in [-0.1, -0.05) is 12.1 Å². The zero-order chi connectivity index (χ0) is 18.3. The van der Waals surface area contributed by atoms with Crippen molar-refractivity contribution in [1.82, 2.24) is 20.1 Å². The summed E-state index contributed by atoms with van der Waals surface area (Å²) in [7, 11) is 6.31. The van der Waals surface area contributed by atoms with E-state index in [0.29, 0.717) is 12.0 Å². The molecule has 5 heteroatoms. The van der Waals surface area contributed by atoms with Crippen LogP contribution in [0.25, 0.3) is 10.9 Å². The highest BCUT2D eigenvalue weighted by molar-refractivity contribution is 5.88. The van der Waals surface area contributed by atoms with Crippen LogP contribution in [0.5, 0.6) is 0 Å². The number of H-pyrrole nitrogens is 1. The van der Waals surface area contributed by atoms with Crippen molar-refractivity contribution in [2.75, 3.05) is 40.8 Å². The topological polar surface area (TPSA) is 51.4 Å². The lowest BCUT2D eigenvalue weighted by molar-refractivity contribution is -0.127. The number of piperidine rings is 1. The highest BCUT2D eigenvalue weighted by Gasteiger charge is 2.41. The molecule has 140 valence electrons. The van der Waals surface area contributed by atoms with E-state index in [9.17, 15) is 4.79 Å². The highest BCUT2D eigenvalue weighted by atomic mass is 16.1. The average Bonchev–Trinajstić information content (AvgIpc) is 3.03. The first-order valence-electron chi connectivity index (χ1n) is 9.76. The van der Waals surface area contributed by atoms with Crippen LogP contribution < -0.4 is 5.32 Å². The first-order chi connectivity index (χ1) is 12.5. The fourth-order valence-corrected chi connectivity index (χ4v) is 4.88. The third kappa shape index (κ3) is 3.14. The van der Waals surface area contributed by atoms with E-state index in [2.05, 4.69) is 65.6 Å². The van der Waals surface area contributed by atoms with Gasteiger partial charge in [-0.25, -0.2) is 0 Å². The van der Waals surface area contributed by atoms with Gasteiger partial charge in [-0.2, -0.15) is 0 Å². The Bertz CT molecular complexity index is 796. The Hall–Kier alpha value is -1.85. The summed E-state index contributed by atoms with van der Waals surface area (Å²) in [4.78, 5) is 20.7. The molecule has 1 aliphatic carbocycles. The number of likely N-dealkylation sites (tertiary alicyclic amines) is 1. The molecule has 0 spiro atoms. The van der Waals surface area contributed by atoms with Crippen molar-refractivity contribution >= 4 is 16.8 Å². The predicted molar refractivity (Wildman–Crippen MR) is 105 cm³/mol. The summed E-state index contributed by atoms with van der Waals surface area (Å²) in [6.07, 6.45) is 5.20. The average molecular weight is 354 g/mol. The van der Waals surface area contributed by atoms with Crippen LogP contribution in [-0.4, -0.2) is 67.5 Å². The van der Waals surface area contributed by atoms with Gasteiger partial charge in [-0.05, 0) is 64.1 Å². The molecule has 0 radical (unpaired) electrons. The molecular weight excluding hydrogens is 324 g/mol. The third-order valence-electron chi connectivity index (χ3n) is 6.18. The number of hydrogen-bond donors (Lipinski definition) is 2. The van der Waals surface area contributed by atoms with Crippen LogP contribution in [0.15, 0.2) is 24.4 Å². The Morgan fingerprint density at radius 3 is 3.04 bits per heavy atom. The smallest absolute Gasteiger partial charge is 0.224 e. The quantitative estimate of drug-likeness (QED) is 0.810. The number of carbonyl (C=O) groups is 1. The van der Waals surface area contributed by atoms with Crippen molar-refractivity contribution < 1.29 is 4.79 Å². The zero-order valence-corrected chi connectivity index (χ0v) is 16.1. The molecule has 0 saturated carbocycles. The van der Waals surface area contributed by atoms with E-state index >= 15 is 0 Å². The minimum absolute atomic E-state index is 0.0800. The summed E-state index contributed by atoms with van der Waals surface area (Å²) in [6.45, 7) is 2.63. The lowest BCUT2D eigenvalue weighted by Gasteiger charge is -2.45. The minimum Gasteiger partial charge on any atom is -0.361 e. The second-order valence-corrected chi connectivity index (χ2v) is 8.28. The lowest BCUT2D eigenvalue weighted by atomic mass is 9.72. The molecule has 1 aromatic heterocycles. The Morgan fingerprint density at radius 1 is 1.38 bits per heavy atom. The van der Waals surface area contributed by atoms with E-state index in [4.69, 9.17) is 0 Å². The molecule has 1 aliphatic heterocycles. The lowest BCUT2D eigenvalue weighted by Crippen LogP contribution is -2.51. The summed E-state index contributed by atoms with van der Waals surface area (Å²) < 4.78 is 0. The third-order valence-corrected chi connectivity index (χ3v) is 6.18. The molecule has 1 saturated heterocycles. The summed E-state index contributed by atoms with van der Waals surface area (Å²) in [5.74, 6) is 0.746. The molecule has 4 rings (SSSR count). The van der Waals surface area contributed by atoms with E-state index in [0.717, 1.165) is 38.9 Å². The number of aromatic nitrogens is 1. The van der Waals surface area contributed by atoms with Gasteiger partial charge in [0, 0.05) is 42.1 Å². The number of rotatable bonds is 5. The van der Waals surface area contributed by atoms with Gasteiger partial charge in [0.15, 0.2) is 0 Å². The number of likely N-dealkylation sites (N-methyl/N-ethyl adjacent to an activating group) is 1. The van der Waals surface area contributed by atoms with Crippen LogP contribution in [0.4, 0.5) is 0 Å². The number of amides is 1. The second-order valence-electron chi connectivity index (χ2n) is 8.28. The summed E-state index contributed by atoms with van der Waals surface area (Å²) in [5.41, 5.74) is 4.08. The number of hydrogen-bond acceptors (Lipinski definition) is 3. The van der Waals surface area contributed by atoms with Crippen molar-refractivity contribution in [3.8, 4) is 0 Å². The van der Waals surface area contributed by atoms with E-state index in [-0.39, 0.29) is 11.8 Å². The van der Waals surface area contributed by atoms with Crippen LogP contribution >= 0.6 is 0 Å². The van der Waals surface area contributed by atoms with Crippen molar-refractivity contribution in [2.24, 2.45) is 5.92 Å². The van der Waals surface area contributed by atoms with Crippen molar-refractivity contribution in [1.29, 1.82) is 0 Å². The van der Waals surface area contributed by atoms with E-state index in [1.807, 2.05) is 0 Å². The fourth-order valence-electron chi connectivity index (χ4n) is 4.88. The molecular formula is C21H30N4O. The Balaban J connectivity index is 1.49. The number of benzene rings is 1. The van der Waals surface area contributed by atoms with Gasteiger partial charge in [0.2, 0.25) is 5.91 Å². The van der Waals surface area contributed by atoms with Crippen LogP contribution in [-0.2, 0) is 11.2 Å². The van der Waals surface area contributed by atoms with Crippen LogP contribution in [0.3, 0.4) is 0 Å². The molecule has 3 atom stereocenters. The first-order valence-corrected chi connectivity index (χ1v) is 9.76. The number of fused-ring (bicyclic) bond motifs is 2. The van der Waals surface area contributed by atoms with Gasteiger partial charge in [0.05, 0.1) is 5.92 Å². The molecule has 2 aliphatic rings. The van der Waals surface area contributed by atoms with E-state index in [1.54, 1.807) is 0 Å². The molecule has 0 unspecified atom stereocenters. The predicted octanol–water partition coefficient (Wildman–Crippen LogP) is 2.20. The number of nitrogens with zero attached hydrogens (tertiary/aromatic N) is 2. The zero-order valence-electron chi connectivity index (χ0n) is 16.1. The Kier molecular flexibility index (Phi) is 4.76. The maximum absolute atomic E-state index is 12.7. The molecule has 0 bridgehead atoms. The number of nitrogens with one attached hydrogen (secondary N) is 2. The van der Waals surface area contributed by atoms with E-state index < -0.39 is 0 Å². The fraction of sp³-hybridized carbons (Fsp3) is 0.571. The molecule has 1 aromatic carbocycles. The number of carbonyl (C=O) groups excluding carboxylic acids is 1. The Morgan fingerprint density at radius 2 is 2.23 bits per heavy atom. The maximum atomic E-state index is 12.7. The number of aromatic amines is 1. The van der Waals surface area contributed by atoms with E-state index in [1.165, 1.54) is 22.0 Å². The van der Waals surface area contributed by atoms with Crippen molar-refractivity contribution in [2.45, 2.75) is 31.2 Å². The molecule has 5 nitrogen and oxygen atoms in total. The monoisotopic (exact) mass is 354 g/mol. The van der Waals surface area contributed by atoms with Crippen LogP contribution in [0.2, 0.25) is 0 Å². The molecule has 2 heterocycles. The first kappa shape index (κ1) is 17.6. The maximum Gasteiger partial charge on any atom is 0.224 e.